The van der Waals surface area contributed by atoms with E-state index in [-0.39, 0.29) is 0 Å². The Labute approximate surface area is 123 Å². The minimum Gasteiger partial charge on any atom is -0.326 e. The largest absolute Gasteiger partial charge is 0.326 e. The highest BCUT2D eigenvalue weighted by molar-refractivity contribution is 7.83. The Bertz CT molecular complexity index is 602. The minimum absolute atomic E-state index is 0.497. The summed E-state index contributed by atoms with van der Waals surface area (Å²) in [6.07, 6.45) is 0. The van der Waals surface area contributed by atoms with E-state index in [1.807, 2.05) is 24.3 Å². The van der Waals surface area contributed by atoms with Gasteiger partial charge >= 0.3 is 0 Å². The Kier molecular flexibility index (Phi) is 5.10. The van der Waals surface area contributed by atoms with Gasteiger partial charge in [-0.15, -0.1) is 0 Å². The van der Waals surface area contributed by atoms with Gasteiger partial charge in [-0.1, -0.05) is 53.6 Å². The van der Waals surface area contributed by atoms with Gasteiger partial charge < -0.3 is 5.73 Å². The van der Waals surface area contributed by atoms with Gasteiger partial charge in [-0.05, 0) is 30.5 Å². The zero-order valence-corrected chi connectivity index (χ0v) is 12.9. The minimum atomic E-state index is -0.906. The number of nitrogens with two attached hydrogens (primary N) is 1. The molecule has 0 amide bonds. The maximum atomic E-state index is 12.3. The molecule has 0 spiro atoms. The second kappa shape index (κ2) is 6.82. The molecule has 2 N–H and O–H groups in total. The normalized spacial score (nSPS) is 12.3. The summed E-state index contributed by atoms with van der Waals surface area (Å²) in [5.74, 6) is 1.17. The van der Waals surface area contributed by atoms with Crippen LogP contribution in [0.5, 0.6) is 0 Å². The van der Waals surface area contributed by atoms with E-state index in [1.165, 1.54) is 11.1 Å². The molecule has 0 aliphatic rings. The Hall–Kier alpha value is -1.45. The number of benzene rings is 2. The molecular weight excluding hydrogens is 266 g/mol. The highest BCUT2D eigenvalue weighted by Gasteiger charge is 2.07. The van der Waals surface area contributed by atoms with Gasteiger partial charge in [0.25, 0.3) is 0 Å². The second-order valence-corrected chi connectivity index (χ2v) is 6.65. The molecule has 0 aromatic heterocycles. The molecule has 0 saturated carbocycles. The van der Waals surface area contributed by atoms with Gasteiger partial charge in [-0.3, -0.25) is 4.21 Å². The highest BCUT2D eigenvalue weighted by Crippen LogP contribution is 2.15. The Morgan fingerprint density at radius 2 is 1.55 bits per heavy atom. The van der Waals surface area contributed by atoms with Crippen LogP contribution in [-0.2, 0) is 28.9 Å². The van der Waals surface area contributed by atoms with E-state index in [9.17, 15) is 4.21 Å². The van der Waals surface area contributed by atoms with Crippen LogP contribution in [0.3, 0.4) is 0 Å². The van der Waals surface area contributed by atoms with Crippen LogP contribution < -0.4 is 5.73 Å². The third kappa shape index (κ3) is 4.02. The molecule has 1 atom stereocenters. The number of hydrogen-bond acceptors (Lipinski definition) is 2. The van der Waals surface area contributed by atoms with Crippen molar-refractivity contribution in [2.45, 2.75) is 31.9 Å². The molecule has 0 bridgehead atoms. The lowest BCUT2D eigenvalue weighted by molar-refractivity contribution is 0.682. The summed E-state index contributed by atoms with van der Waals surface area (Å²) in [4.78, 5) is 0. The van der Waals surface area contributed by atoms with Gasteiger partial charge in [0.1, 0.15) is 0 Å². The van der Waals surface area contributed by atoms with E-state index in [2.05, 4.69) is 32.0 Å². The van der Waals surface area contributed by atoms with E-state index < -0.39 is 10.8 Å². The van der Waals surface area contributed by atoms with Crippen molar-refractivity contribution in [2.75, 3.05) is 0 Å². The first-order valence-corrected chi connectivity index (χ1v) is 8.26. The van der Waals surface area contributed by atoms with Crippen LogP contribution in [0.15, 0.2) is 42.5 Å². The summed E-state index contributed by atoms with van der Waals surface area (Å²) in [5.41, 5.74) is 11.5. The molecule has 0 heterocycles. The van der Waals surface area contributed by atoms with E-state index in [0.717, 1.165) is 16.7 Å². The van der Waals surface area contributed by atoms with Crippen LogP contribution in [-0.4, -0.2) is 4.21 Å². The van der Waals surface area contributed by atoms with Crippen molar-refractivity contribution in [1.82, 2.24) is 0 Å². The van der Waals surface area contributed by atoms with E-state index in [1.54, 1.807) is 0 Å². The molecule has 1 unspecified atom stereocenters. The predicted molar refractivity (Wildman–Crippen MR) is 85.8 cm³/mol. The third-order valence-electron chi connectivity index (χ3n) is 3.26. The second-order valence-electron chi connectivity index (χ2n) is 5.20. The Balaban J connectivity index is 2.09. The highest BCUT2D eigenvalue weighted by atomic mass is 32.2. The molecule has 0 fully saturated rings. The zero-order chi connectivity index (χ0) is 14.5. The Morgan fingerprint density at radius 3 is 2.15 bits per heavy atom. The van der Waals surface area contributed by atoms with Gasteiger partial charge in [-0.2, -0.15) is 0 Å². The lowest BCUT2D eigenvalue weighted by Crippen LogP contribution is -2.05. The molecule has 106 valence electrons. The lowest BCUT2D eigenvalue weighted by Gasteiger charge is -2.08. The molecular formula is C17H21NOS. The van der Waals surface area contributed by atoms with Crippen LogP contribution >= 0.6 is 0 Å². The van der Waals surface area contributed by atoms with Crippen molar-refractivity contribution in [2.24, 2.45) is 5.73 Å². The summed E-state index contributed by atoms with van der Waals surface area (Å²) in [6, 6.07) is 14.3. The van der Waals surface area contributed by atoms with Gasteiger partial charge in [0.15, 0.2) is 0 Å². The van der Waals surface area contributed by atoms with E-state index in [0.29, 0.717) is 18.1 Å². The van der Waals surface area contributed by atoms with Gasteiger partial charge in [0.2, 0.25) is 0 Å². The fourth-order valence-corrected chi connectivity index (χ4v) is 3.73. The summed E-state index contributed by atoms with van der Waals surface area (Å²) >= 11 is 0. The maximum absolute atomic E-state index is 12.3. The first kappa shape index (κ1) is 14.9. The lowest BCUT2D eigenvalue weighted by atomic mass is 10.1. The van der Waals surface area contributed by atoms with Crippen molar-refractivity contribution in [3.63, 3.8) is 0 Å². The monoisotopic (exact) mass is 287 g/mol. The maximum Gasteiger partial charge on any atom is 0.0492 e. The molecule has 20 heavy (non-hydrogen) atoms. The number of hydrogen-bond donors (Lipinski definition) is 1. The molecule has 0 aliphatic carbocycles. The molecule has 0 radical (unpaired) electrons. The quantitative estimate of drug-likeness (QED) is 0.917. The summed E-state index contributed by atoms with van der Waals surface area (Å²) in [7, 11) is -0.906. The first-order chi connectivity index (χ1) is 9.58. The van der Waals surface area contributed by atoms with Crippen molar-refractivity contribution in [3.8, 4) is 0 Å². The fourth-order valence-electron chi connectivity index (χ4n) is 2.46. The third-order valence-corrected chi connectivity index (χ3v) is 4.55. The average Bonchev–Trinajstić information content (AvgIpc) is 2.37. The summed E-state index contributed by atoms with van der Waals surface area (Å²) in [5, 5.41) is 0. The fraction of sp³-hybridized carbons (Fsp3) is 0.294. The number of aryl methyl sites for hydroxylation is 2. The summed E-state index contributed by atoms with van der Waals surface area (Å²) in [6.45, 7) is 4.64. The molecule has 0 saturated heterocycles. The SMILES string of the molecule is Cc1cc(C)cc(CS(=O)Cc2ccccc2CN)c1. The summed E-state index contributed by atoms with van der Waals surface area (Å²) < 4.78 is 12.3. The molecule has 2 rings (SSSR count). The van der Waals surface area contributed by atoms with Crippen molar-refractivity contribution in [3.05, 3.63) is 70.3 Å². The van der Waals surface area contributed by atoms with Crippen LogP contribution in [0.25, 0.3) is 0 Å². The van der Waals surface area contributed by atoms with E-state index in [4.69, 9.17) is 5.73 Å². The topological polar surface area (TPSA) is 43.1 Å². The molecule has 2 aromatic rings. The van der Waals surface area contributed by atoms with Crippen LogP contribution in [0.1, 0.15) is 27.8 Å². The van der Waals surface area contributed by atoms with Crippen molar-refractivity contribution >= 4 is 10.8 Å². The van der Waals surface area contributed by atoms with Crippen LogP contribution in [0.2, 0.25) is 0 Å². The molecule has 2 nitrogen and oxygen atoms in total. The predicted octanol–water partition coefficient (Wildman–Crippen LogP) is 3.21. The van der Waals surface area contributed by atoms with Gasteiger partial charge in [0.05, 0.1) is 0 Å². The van der Waals surface area contributed by atoms with Gasteiger partial charge in [0, 0.05) is 28.9 Å². The van der Waals surface area contributed by atoms with E-state index >= 15 is 0 Å². The van der Waals surface area contributed by atoms with Crippen molar-refractivity contribution in [1.29, 1.82) is 0 Å². The zero-order valence-electron chi connectivity index (χ0n) is 12.1. The first-order valence-electron chi connectivity index (χ1n) is 6.77. The van der Waals surface area contributed by atoms with Gasteiger partial charge in [-0.25, -0.2) is 0 Å². The van der Waals surface area contributed by atoms with Crippen molar-refractivity contribution < 1.29 is 4.21 Å². The molecule has 2 aromatic carbocycles. The standard InChI is InChI=1S/C17H21NOS/c1-13-7-14(2)9-15(8-13)11-20(19)12-17-6-4-3-5-16(17)10-18/h3-9H,10-12,18H2,1-2H3. The number of rotatable bonds is 5. The Morgan fingerprint density at radius 1 is 0.950 bits per heavy atom. The molecule has 0 aliphatic heterocycles. The smallest absolute Gasteiger partial charge is 0.0492 e. The average molecular weight is 287 g/mol. The van der Waals surface area contributed by atoms with Crippen LogP contribution in [0, 0.1) is 13.8 Å². The molecule has 3 heteroatoms. The van der Waals surface area contributed by atoms with Crippen LogP contribution in [0.4, 0.5) is 0 Å².